The van der Waals surface area contributed by atoms with Crippen LogP contribution in [0.25, 0.3) is 22.6 Å². The number of benzene rings is 2. The minimum Gasteiger partial charge on any atom is -0.436 e. The molecule has 1 aliphatic rings. The fourth-order valence-corrected chi connectivity index (χ4v) is 2.82. The molecule has 0 unspecified atom stereocenters. The highest BCUT2D eigenvalue weighted by Gasteiger charge is 2.25. The van der Waals surface area contributed by atoms with Crippen molar-refractivity contribution in [3.05, 3.63) is 48.0 Å². The number of oxazole rings is 1. The summed E-state index contributed by atoms with van der Waals surface area (Å²) in [6.45, 7) is 2.04. The second-order valence-electron chi connectivity index (χ2n) is 6.19. The molecule has 0 bridgehead atoms. The summed E-state index contributed by atoms with van der Waals surface area (Å²) in [6, 6.07) is 13.7. The smallest absolute Gasteiger partial charge is 0.227 e. The first-order valence-electron chi connectivity index (χ1n) is 7.97. The molecule has 1 aromatic heterocycles. The van der Waals surface area contributed by atoms with Crippen molar-refractivity contribution in [1.82, 2.24) is 4.98 Å². The summed E-state index contributed by atoms with van der Waals surface area (Å²) in [5, 5.41) is 2.97. The maximum atomic E-state index is 12.0. The SMILES string of the molecule is Cc1cccc(-c2nc3ccc(NC(=O)C4CCC4)cc3o2)c1. The Labute approximate surface area is 134 Å². The first-order chi connectivity index (χ1) is 11.2. The molecule has 4 nitrogen and oxygen atoms in total. The molecule has 1 amide bonds. The number of hydrogen-bond donors (Lipinski definition) is 1. The summed E-state index contributed by atoms with van der Waals surface area (Å²) in [6.07, 6.45) is 3.14. The van der Waals surface area contributed by atoms with E-state index in [0.29, 0.717) is 11.5 Å². The van der Waals surface area contributed by atoms with Crippen LogP contribution in [0.3, 0.4) is 0 Å². The zero-order valence-corrected chi connectivity index (χ0v) is 13.0. The van der Waals surface area contributed by atoms with Crippen molar-refractivity contribution in [2.75, 3.05) is 5.32 Å². The Balaban J connectivity index is 1.62. The Hall–Kier alpha value is -2.62. The molecule has 4 rings (SSSR count). The van der Waals surface area contributed by atoms with E-state index in [1.807, 2.05) is 49.4 Å². The van der Waals surface area contributed by atoms with E-state index < -0.39 is 0 Å². The average molecular weight is 306 g/mol. The molecule has 2 aromatic carbocycles. The van der Waals surface area contributed by atoms with Gasteiger partial charge in [0, 0.05) is 23.2 Å². The molecule has 0 atom stereocenters. The number of carbonyl (C=O) groups excluding carboxylic acids is 1. The lowest BCUT2D eigenvalue weighted by Gasteiger charge is -2.23. The van der Waals surface area contributed by atoms with Gasteiger partial charge in [-0.05, 0) is 44.0 Å². The maximum absolute atomic E-state index is 12.0. The van der Waals surface area contributed by atoms with Crippen LogP contribution in [0.5, 0.6) is 0 Å². The van der Waals surface area contributed by atoms with Crippen LogP contribution >= 0.6 is 0 Å². The van der Waals surface area contributed by atoms with Gasteiger partial charge in [0.25, 0.3) is 0 Å². The number of hydrogen-bond acceptors (Lipinski definition) is 3. The highest BCUT2D eigenvalue weighted by atomic mass is 16.3. The molecule has 1 N–H and O–H groups in total. The second-order valence-corrected chi connectivity index (χ2v) is 6.19. The number of rotatable bonds is 3. The van der Waals surface area contributed by atoms with Gasteiger partial charge in [-0.3, -0.25) is 4.79 Å². The van der Waals surface area contributed by atoms with Gasteiger partial charge in [-0.2, -0.15) is 0 Å². The normalized spacial score (nSPS) is 14.7. The molecule has 1 fully saturated rings. The molecular formula is C19H18N2O2. The minimum absolute atomic E-state index is 0.106. The number of amides is 1. The third-order valence-corrected chi connectivity index (χ3v) is 4.40. The molecule has 1 aliphatic carbocycles. The van der Waals surface area contributed by atoms with Crippen LogP contribution in [0.2, 0.25) is 0 Å². The number of fused-ring (bicyclic) bond motifs is 1. The van der Waals surface area contributed by atoms with E-state index in [-0.39, 0.29) is 11.8 Å². The summed E-state index contributed by atoms with van der Waals surface area (Å²) in [4.78, 5) is 16.6. The van der Waals surface area contributed by atoms with E-state index in [1.165, 1.54) is 5.56 Å². The third-order valence-electron chi connectivity index (χ3n) is 4.40. The molecule has 1 heterocycles. The van der Waals surface area contributed by atoms with E-state index in [4.69, 9.17) is 4.42 Å². The van der Waals surface area contributed by atoms with Gasteiger partial charge in [0.15, 0.2) is 5.58 Å². The van der Waals surface area contributed by atoms with Crippen molar-refractivity contribution < 1.29 is 9.21 Å². The summed E-state index contributed by atoms with van der Waals surface area (Å²) in [7, 11) is 0. The molecule has 0 radical (unpaired) electrons. The fraction of sp³-hybridized carbons (Fsp3) is 0.263. The average Bonchev–Trinajstić information content (AvgIpc) is 2.88. The number of nitrogens with zero attached hydrogens (tertiary/aromatic N) is 1. The molecule has 0 saturated heterocycles. The van der Waals surface area contributed by atoms with Crippen LogP contribution in [0.4, 0.5) is 5.69 Å². The number of aromatic nitrogens is 1. The molecule has 4 heteroatoms. The zero-order valence-electron chi connectivity index (χ0n) is 13.0. The number of anilines is 1. The van der Waals surface area contributed by atoms with E-state index in [1.54, 1.807) is 0 Å². The lowest BCUT2D eigenvalue weighted by molar-refractivity contribution is -0.122. The molecule has 1 saturated carbocycles. The Morgan fingerprint density at radius 1 is 1.22 bits per heavy atom. The fourth-order valence-electron chi connectivity index (χ4n) is 2.82. The summed E-state index contributed by atoms with van der Waals surface area (Å²) in [5.74, 6) is 0.878. The first-order valence-corrected chi connectivity index (χ1v) is 7.97. The van der Waals surface area contributed by atoms with Crippen LogP contribution in [-0.4, -0.2) is 10.9 Å². The summed E-state index contributed by atoms with van der Waals surface area (Å²) < 4.78 is 5.87. The number of aryl methyl sites for hydroxylation is 1. The minimum atomic E-state index is 0.106. The monoisotopic (exact) mass is 306 g/mol. The summed E-state index contributed by atoms with van der Waals surface area (Å²) in [5.41, 5.74) is 4.37. The van der Waals surface area contributed by atoms with Gasteiger partial charge in [0.1, 0.15) is 5.52 Å². The molecule has 3 aromatic rings. The third kappa shape index (κ3) is 2.72. The van der Waals surface area contributed by atoms with E-state index >= 15 is 0 Å². The molecule has 116 valence electrons. The Morgan fingerprint density at radius 3 is 2.83 bits per heavy atom. The molecule has 0 aliphatic heterocycles. The van der Waals surface area contributed by atoms with Crippen molar-refractivity contribution >= 4 is 22.7 Å². The predicted octanol–water partition coefficient (Wildman–Crippen LogP) is 4.54. The van der Waals surface area contributed by atoms with Crippen LogP contribution in [0.1, 0.15) is 24.8 Å². The lowest BCUT2D eigenvalue weighted by Crippen LogP contribution is -2.27. The highest BCUT2D eigenvalue weighted by molar-refractivity contribution is 5.94. The Kier molecular flexibility index (Phi) is 3.37. The lowest BCUT2D eigenvalue weighted by atomic mass is 9.85. The quantitative estimate of drug-likeness (QED) is 0.772. The molecule has 23 heavy (non-hydrogen) atoms. The van der Waals surface area contributed by atoms with E-state index in [2.05, 4.69) is 10.3 Å². The van der Waals surface area contributed by atoms with Gasteiger partial charge < -0.3 is 9.73 Å². The van der Waals surface area contributed by atoms with Crippen molar-refractivity contribution in [3.63, 3.8) is 0 Å². The van der Waals surface area contributed by atoms with Crippen molar-refractivity contribution in [2.45, 2.75) is 26.2 Å². The van der Waals surface area contributed by atoms with E-state index in [9.17, 15) is 4.79 Å². The predicted molar refractivity (Wildman–Crippen MR) is 90.2 cm³/mol. The Morgan fingerprint density at radius 2 is 2.09 bits per heavy atom. The van der Waals surface area contributed by atoms with Crippen LogP contribution in [0.15, 0.2) is 46.9 Å². The highest BCUT2D eigenvalue weighted by Crippen LogP contribution is 2.29. The molecule has 0 spiro atoms. The van der Waals surface area contributed by atoms with Gasteiger partial charge >= 0.3 is 0 Å². The second kappa shape index (κ2) is 5.54. The van der Waals surface area contributed by atoms with Crippen LogP contribution in [0, 0.1) is 12.8 Å². The van der Waals surface area contributed by atoms with Crippen molar-refractivity contribution in [2.24, 2.45) is 5.92 Å². The van der Waals surface area contributed by atoms with Crippen molar-refractivity contribution in [3.8, 4) is 11.5 Å². The number of nitrogens with one attached hydrogen (secondary N) is 1. The van der Waals surface area contributed by atoms with Crippen LogP contribution < -0.4 is 5.32 Å². The van der Waals surface area contributed by atoms with Gasteiger partial charge in [-0.1, -0.05) is 24.1 Å². The van der Waals surface area contributed by atoms with Gasteiger partial charge in [0.05, 0.1) is 0 Å². The Bertz CT molecular complexity index is 878. The van der Waals surface area contributed by atoms with Crippen LogP contribution in [-0.2, 0) is 4.79 Å². The van der Waals surface area contributed by atoms with E-state index in [0.717, 1.165) is 36.0 Å². The summed E-state index contributed by atoms with van der Waals surface area (Å²) >= 11 is 0. The standard InChI is InChI=1S/C19H18N2O2/c1-12-4-2-7-14(10-12)19-21-16-9-8-15(11-17(16)23-19)20-18(22)13-5-3-6-13/h2,4,7-11,13H,3,5-6H2,1H3,(H,20,22). The van der Waals surface area contributed by atoms with Crippen molar-refractivity contribution in [1.29, 1.82) is 0 Å². The number of carbonyl (C=O) groups is 1. The first kappa shape index (κ1) is 14.0. The topological polar surface area (TPSA) is 55.1 Å². The van der Waals surface area contributed by atoms with Gasteiger partial charge in [-0.25, -0.2) is 4.98 Å². The van der Waals surface area contributed by atoms with Gasteiger partial charge in [-0.15, -0.1) is 0 Å². The largest absolute Gasteiger partial charge is 0.436 e. The van der Waals surface area contributed by atoms with Gasteiger partial charge in [0.2, 0.25) is 11.8 Å². The zero-order chi connectivity index (χ0) is 15.8. The maximum Gasteiger partial charge on any atom is 0.227 e. The molecular weight excluding hydrogens is 288 g/mol.